The molecule has 0 N–H and O–H groups in total. The van der Waals surface area contributed by atoms with Gasteiger partial charge in [-0.2, -0.15) is 0 Å². The maximum Gasteiger partial charge on any atom is 0.125 e. The van der Waals surface area contributed by atoms with Gasteiger partial charge < -0.3 is 4.74 Å². The van der Waals surface area contributed by atoms with Gasteiger partial charge in [-0.25, -0.2) is 4.98 Å². The number of hydrogen-bond acceptors (Lipinski definition) is 4. The Morgan fingerprint density at radius 1 is 1.14 bits per heavy atom. The molecule has 2 aromatic heterocycles. The normalized spacial score (nSPS) is 10.6. The third-order valence-electron chi connectivity index (χ3n) is 3.55. The summed E-state index contributed by atoms with van der Waals surface area (Å²) in [5.74, 6) is 0.858. The Morgan fingerprint density at radius 3 is 2.68 bits per heavy atom. The van der Waals surface area contributed by atoms with E-state index in [1.165, 1.54) is 5.56 Å². The zero-order valence-electron chi connectivity index (χ0n) is 12.7. The first-order chi connectivity index (χ1) is 10.8. The van der Waals surface area contributed by atoms with Crippen LogP contribution in [0.2, 0.25) is 0 Å². The Hall–Kier alpha value is -2.20. The number of ether oxygens (including phenoxy) is 1. The van der Waals surface area contributed by atoms with Crippen LogP contribution in [0.3, 0.4) is 0 Å². The quantitative estimate of drug-likeness (QED) is 0.677. The number of benzene rings is 1. The van der Waals surface area contributed by atoms with Crippen LogP contribution in [0.5, 0.6) is 5.75 Å². The lowest BCUT2D eigenvalue weighted by molar-refractivity contribution is 0.415. The van der Waals surface area contributed by atoms with Gasteiger partial charge in [0.05, 0.1) is 12.8 Å². The second-order valence-electron chi connectivity index (χ2n) is 5.05. The molecular weight excluding hydrogens is 292 g/mol. The van der Waals surface area contributed by atoms with E-state index in [1.54, 1.807) is 18.4 Å². The van der Waals surface area contributed by atoms with Crippen molar-refractivity contribution < 1.29 is 4.74 Å². The minimum atomic E-state index is 0.858. The van der Waals surface area contributed by atoms with Crippen LogP contribution in [-0.2, 0) is 6.42 Å². The van der Waals surface area contributed by atoms with Crippen molar-refractivity contribution >= 4 is 11.3 Å². The van der Waals surface area contributed by atoms with Crippen molar-refractivity contribution in [3.8, 4) is 27.6 Å². The highest BCUT2D eigenvalue weighted by molar-refractivity contribution is 7.13. The van der Waals surface area contributed by atoms with Crippen molar-refractivity contribution in [3.63, 3.8) is 0 Å². The molecule has 0 atom stereocenters. The first-order valence-corrected chi connectivity index (χ1v) is 8.23. The van der Waals surface area contributed by atoms with Gasteiger partial charge >= 0.3 is 0 Å². The van der Waals surface area contributed by atoms with Gasteiger partial charge in [0.25, 0.3) is 0 Å². The SMILES string of the molecule is CCCc1ccncc1-c1nc(-c2ccc(OC)cc2)cs1. The molecule has 112 valence electrons. The second kappa shape index (κ2) is 6.71. The summed E-state index contributed by atoms with van der Waals surface area (Å²) < 4.78 is 5.20. The summed E-state index contributed by atoms with van der Waals surface area (Å²) in [6, 6.07) is 10.1. The molecule has 0 aliphatic rings. The van der Waals surface area contributed by atoms with Crippen molar-refractivity contribution in [1.29, 1.82) is 0 Å². The molecule has 2 heterocycles. The van der Waals surface area contributed by atoms with E-state index in [1.807, 2.05) is 36.7 Å². The van der Waals surface area contributed by atoms with Gasteiger partial charge in [-0.05, 0) is 42.3 Å². The van der Waals surface area contributed by atoms with Crippen LogP contribution in [0.25, 0.3) is 21.8 Å². The Kier molecular flexibility index (Phi) is 4.49. The van der Waals surface area contributed by atoms with Crippen molar-refractivity contribution in [3.05, 3.63) is 53.7 Å². The van der Waals surface area contributed by atoms with Gasteiger partial charge in [-0.3, -0.25) is 4.98 Å². The van der Waals surface area contributed by atoms with Crippen LogP contribution in [0.4, 0.5) is 0 Å². The third kappa shape index (κ3) is 3.02. The van der Waals surface area contributed by atoms with E-state index in [9.17, 15) is 0 Å². The van der Waals surface area contributed by atoms with Gasteiger partial charge in [-0.1, -0.05) is 13.3 Å². The van der Waals surface area contributed by atoms with E-state index in [0.717, 1.165) is 40.4 Å². The van der Waals surface area contributed by atoms with Crippen LogP contribution < -0.4 is 4.74 Å². The van der Waals surface area contributed by atoms with Crippen LogP contribution in [-0.4, -0.2) is 17.1 Å². The van der Waals surface area contributed by atoms with Gasteiger partial charge in [0, 0.05) is 28.9 Å². The molecule has 0 unspecified atom stereocenters. The molecule has 0 aliphatic carbocycles. The molecule has 0 fully saturated rings. The maximum absolute atomic E-state index is 5.20. The van der Waals surface area contributed by atoms with E-state index >= 15 is 0 Å². The second-order valence-corrected chi connectivity index (χ2v) is 5.91. The van der Waals surface area contributed by atoms with Crippen molar-refractivity contribution in [1.82, 2.24) is 9.97 Å². The lowest BCUT2D eigenvalue weighted by atomic mass is 10.1. The Balaban J connectivity index is 1.93. The molecule has 4 heteroatoms. The zero-order chi connectivity index (χ0) is 15.4. The molecule has 0 amide bonds. The maximum atomic E-state index is 5.20. The fourth-order valence-electron chi connectivity index (χ4n) is 2.39. The van der Waals surface area contributed by atoms with Gasteiger partial charge in [0.1, 0.15) is 10.8 Å². The average Bonchev–Trinajstić information content (AvgIpc) is 3.05. The predicted molar refractivity (Wildman–Crippen MR) is 91.3 cm³/mol. The topological polar surface area (TPSA) is 35.0 Å². The number of hydrogen-bond donors (Lipinski definition) is 0. The van der Waals surface area contributed by atoms with Crippen molar-refractivity contribution in [2.75, 3.05) is 7.11 Å². The predicted octanol–water partition coefficient (Wildman–Crippen LogP) is 4.83. The minimum Gasteiger partial charge on any atom is -0.497 e. The summed E-state index contributed by atoms with van der Waals surface area (Å²) in [5, 5.41) is 3.13. The first-order valence-electron chi connectivity index (χ1n) is 7.35. The molecule has 0 aliphatic heterocycles. The van der Waals surface area contributed by atoms with E-state index in [2.05, 4.69) is 23.4 Å². The molecule has 0 radical (unpaired) electrons. The third-order valence-corrected chi connectivity index (χ3v) is 4.43. The molecule has 0 spiro atoms. The molecule has 3 nitrogen and oxygen atoms in total. The van der Waals surface area contributed by atoms with E-state index < -0.39 is 0 Å². The highest BCUT2D eigenvalue weighted by atomic mass is 32.1. The van der Waals surface area contributed by atoms with Crippen LogP contribution in [0.1, 0.15) is 18.9 Å². The zero-order valence-corrected chi connectivity index (χ0v) is 13.6. The summed E-state index contributed by atoms with van der Waals surface area (Å²) in [6.45, 7) is 2.19. The Morgan fingerprint density at radius 2 is 1.95 bits per heavy atom. The van der Waals surface area contributed by atoms with E-state index in [-0.39, 0.29) is 0 Å². The number of thiazole rings is 1. The van der Waals surface area contributed by atoms with Gasteiger partial charge in [0.15, 0.2) is 0 Å². The highest BCUT2D eigenvalue weighted by Crippen LogP contribution is 2.31. The number of aromatic nitrogens is 2. The summed E-state index contributed by atoms with van der Waals surface area (Å²) in [7, 11) is 1.67. The molecule has 22 heavy (non-hydrogen) atoms. The monoisotopic (exact) mass is 310 g/mol. The smallest absolute Gasteiger partial charge is 0.125 e. The standard InChI is InChI=1S/C18H18N2OS/c1-3-4-13-9-10-19-11-16(13)18-20-17(12-22-18)14-5-7-15(21-2)8-6-14/h5-12H,3-4H2,1-2H3. The van der Waals surface area contributed by atoms with Crippen molar-refractivity contribution in [2.24, 2.45) is 0 Å². The average molecular weight is 310 g/mol. The van der Waals surface area contributed by atoms with Crippen LogP contribution in [0.15, 0.2) is 48.1 Å². The molecule has 0 saturated carbocycles. The summed E-state index contributed by atoms with van der Waals surface area (Å²) >= 11 is 1.67. The largest absolute Gasteiger partial charge is 0.497 e. The lowest BCUT2D eigenvalue weighted by Crippen LogP contribution is -1.90. The molecular formula is C18H18N2OS. The van der Waals surface area contributed by atoms with Gasteiger partial charge in [0.2, 0.25) is 0 Å². The van der Waals surface area contributed by atoms with Crippen LogP contribution in [0, 0.1) is 0 Å². The fraction of sp³-hybridized carbons (Fsp3) is 0.222. The van der Waals surface area contributed by atoms with Crippen LogP contribution >= 0.6 is 11.3 Å². The highest BCUT2D eigenvalue weighted by Gasteiger charge is 2.10. The number of nitrogens with zero attached hydrogens (tertiary/aromatic N) is 2. The fourth-order valence-corrected chi connectivity index (χ4v) is 3.27. The number of rotatable bonds is 5. The summed E-state index contributed by atoms with van der Waals surface area (Å²) in [4.78, 5) is 9.05. The van der Waals surface area contributed by atoms with E-state index in [0.29, 0.717) is 0 Å². The number of aryl methyl sites for hydroxylation is 1. The molecule has 1 aromatic carbocycles. The molecule has 3 aromatic rings. The molecule has 3 rings (SSSR count). The summed E-state index contributed by atoms with van der Waals surface area (Å²) in [5.41, 5.74) is 4.56. The molecule has 0 bridgehead atoms. The minimum absolute atomic E-state index is 0.858. The summed E-state index contributed by atoms with van der Waals surface area (Å²) in [6.07, 6.45) is 5.94. The Bertz CT molecular complexity index is 750. The Labute approximate surface area is 134 Å². The number of pyridine rings is 1. The first kappa shape index (κ1) is 14.7. The van der Waals surface area contributed by atoms with Crippen molar-refractivity contribution in [2.45, 2.75) is 19.8 Å². The van der Waals surface area contributed by atoms with E-state index in [4.69, 9.17) is 9.72 Å². The lowest BCUT2D eigenvalue weighted by Gasteiger charge is -2.04. The van der Waals surface area contributed by atoms with Gasteiger partial charge in [-0.15, -0.1) is 11.3 Å². The molecule has 0 saturated heterocycles. The number of methoxy groups -OCH3 is 1.